The summed E-state index contributed by atoms with van der Waals surface area (Å²) in [5, 5.41) is 1.17. The maximum Gasteiger partial charge on any atom is 0.227 e. The Morgan fingerprint density at radius 1 is 1.40 bits per heavy atom. The number of nitrogens with one attached hydrogen (secondary N) is 1. The van der Waals surface area contributed by atoms with Gasteiger partial charge in [-0.1, -0.05) is 18.2 Å². The summed E-state index contributed by atoms with van der Waals surface area (Å²) in [6.45, 7) is 4.21. The van der Waals surface area contributed by atoms with Gasteiger partial charge in [-0.2, -0.15) is 0 Å². The Hall–Kier alpha value is -1.77. The second-order valence-corrected chi connectivity index (χ2v) is 6.03. The number of hydrogen-bond acceptors (Lipinski definition) is 1. The molecule has 1 amide bonds. The van der Waals surface area contributed by atoms with Crippen molar-refractivity contribution in [1.29, 1.82) is 0 Å². The molecule has 2 aromatic rings. The SMILES string of the molecule is Cc1[nH]c2ccccc2c1CC(=O)N(C)C(C)C1CC1. The number of aromatic nitrogens is 1. The smallest absolute Gasteiger partial charge is 0.227 e. The van der Waals surface area contributed by atoms with Gasteiger partial charge in [-0.25, -0.2) is 0 Å². The number of rotatable bonds is 4. The third-order valence-corrected chi connectivity index (χ3v) is 4.66. The number of para-hydroxylation sites is 1. The number of carbonyl (C=O) groups is 1. The Labute approximate surface area is 120 Å². The molecule has 1 saturated carbocycles. The summed E-state index contributed by atoms with van der Waals surface area (Å²) >= 11 is 0. The average Bonchev–Trinajstić information content (AvgIpc) is 3.24. The molecule has 3 heteroatoms. The standard InChI is InChI=1S/C17H22N2O/c1-11-15(14-6-4-5-7-16(14)18-11)10-17(20)19(3)12(2)13-8-9-13/h4-7,12-13,18H,8-10H2,1-3H3. The van der Waals surface area contributed by atoms with Crippen LogP contribution in [-0.4, -0.2) is 28.9 Å². The van der Waals surface area contributed by atoms with E-state index in [4.69, 9.17) is 0 Å². The van der Waals surface area contributed by atoms with E-state index in [0.717, 1.165) is 16.8 Å². The zero-order chi connectivity index (χ0) is 14.3. The molecule has 1 aliphatic rings. The molecular formula is C17H22N2O. The zero-order valence-electron chi connectivity index (χ0n) is 12.4. The minimum absolute atomic E-state index is 0.220. The molecule has 3 rings (SSSR count). The number of H-pyrrole nitrogens is 1. The number of aryl methyl sites for hydroxylation is 1. The molecule has 1 heterocycles. The molecule has 1 fully saturated rings. The summed E-state index contributed by atoms with van der Waals surface area (Å²) in [5.41, 5.74) is 3.36. The molecule has 20 heavy (non-hydrogen) atoms. The molecule has 1 aromatic carbocycles. The van der Waals surface area contributed by atoms with E-state index in [1.165, 1.54) is 18.2 Å². The van der Waals surface area contributed by atoms with Crippen LogP contribution in [0.15, 0.2) is 24.3 Å². The first-order valence-corrected chi connectivity index (χ1v) is 7.39. The van der Waals surface area contributed by atoms with Gasteiger partial charge in [0.15, 0.2) is 0 Å². The van der Waals surface area contributed by atoms with Crippen LogP contribution in [0.1, 0.15) is 31.0 Å². The second-order valence-electron chi connectivity index (χ2n) is 6.03. The number of carbonyl (C=O) groups excluding carboxylic acids is 1. The Morgan fingerprint density at radius 2 is 2.10 bits per heavy atom. The molecule has 3 nitrogen and oxygen atoms in total. The third kappa shape index (κ3) is 2.33. The number of hydrogen-bond donors (Lipinski definition) is 1. The van der Waals surface area contributed by atoms with Crippen LogP contribution in [0.25, 0.3) is 10.9 Å². The molecule has 106 valence electrons. The van der Waals surface area contributed by atoms with Crippen LogP contribution >= 0.6 is 0 Å². The fraction of sp³-hybridized carbons (Fsp3) is 0.471. The lowest BCUT2D eigenvalue weighted by Crippen LogP contribution is -2.37. The van der Waals surface area contributed by atoms with Crippen LogP contribution in [0.5, 0.6) is 0 Å². The van der Waals surface area contributed by atoms with Crippen molar-refractivity contribution in [3.63, 3.8) is 0 Å². The predicted molar refractivity (Wildman–Crippen MR) is 81.7 cm³/mol. The van der Waals surface area contributed by atoms with Gasteiger partial charge in [0.05, 0.1) is 6.42 Å². The van der Waals surface area contributed by atoms with Crippen molar-refractivity contribution in [2.45, 2.75) is 39.2 Å². The Bertz CT molecular complexity index is 639. The van der Waals surface area contributed by atoms with Crippen molar-refractivity contribution in [3.05, 3.63) is 35.5 Å². The Kier molecular flexibility index (Phi) is 3.28. The van der Waals surface area contributed by atoms with Gasteiger partial charge in [0.1, 0.15) is 0 Å². The number of likely N-dealkylation sites (N-methyl/N-ethyl adjacent to an activating group) is 1. The molecule has 0 saturated heterocycles. The molecule has 0 aliphatic heterocycles. The van der Waals surface area contributed by atoms with Crippen molar-refractivity contribution in [1.82, 2.24) is 9.88 Å². The van der Waals surface area contributed by atoms with E-state index in [2.05, 4.69) is 24.0 Å². The van der Waals surface area contributed by atoms with Gasteiger partial charge < -0.3 is 9.88 Å². The van der Waals surface area contributed by atoms with Crippen molar-refractivity contribution < 1.29 is 4.79 Å². The van der Waals surface area contributed by atoms with E-state index in [-0.39, 0.29) is 5.91 Å². The Balaban J connectivity index is 1.81. The summed E-state index contributed by atoms with van der Waals surface area (Å²) < 4.78 is 0. The largest absolute Gasteiger partial charge is 0.358 e. The maximum atomic E-state index is 12.5. The van der Waals surface area contributed by atoms with Crippen molar-refractivity contribution in [2.24, 2.45) is 5.92 Å². The molecule has 0 spiro atoms. The molecular weight excluding hydrogens is 248 g/mol. The molecule has 1 aromatic heterocycles. The monoisotopic (exact) mass is 270 g/mol. The number of benzene rings is 1. The molecule has 1 unspecified atom stereocenters. The quantitative estimate of drug-likeness (QED) is 0.909. The minimum Gasteiger partial charge on any atom is -0.358 e. The number of amides is 1. The van der Waals surface area contributed by atoms with Crippen molar-refractivity contribution >= 4 is 16.8 Å². The lowest BCUT2D eigenvalue weighted by molar-refractivity contribution is -0.131. The first kappa shape index (κ1) is 13.2. The van der Waals surface area contributed by atoms with Crippen LogP contribution in [0.3, 0.4) is 0 Å². The molecule has 0 radical (unpaired) electrons. The number of nitrogens with zero attached hydrogens (tertiary/aromatic N) is 1. The minimum atomic E-state index is 0.220. The second kappa shape index (κ2) is 4.97. The highest BCUT2D eigenvalue weighted by Crippen LogP contribution is 2.35. The fourth-order valence-electron chi connectivity index (χ4n) is 2.96. The first-order valence-electron chi connectivity index (χ1n) is 7.39. The highest BCUT2D eigenvalue weighted by atomic mass is 16.2. The van der Waals surface area contributed by atoms with Gasteiger partial charge in [-0.05, 0) is 44.2 Å². The third-order valence-electron chi connectivity index (χ3n) is 4.66. The van der Waals surface area contributed by atoms with E-state index >= 15 is 0 Å². The highest BCUT2D eigenvalue weighted by molar-refractivity contribution is 5.90. The van der Waals surface area contributed by atoms with Gasteiger partial charge in [0.2, 0.25) is 5.91 Å². The molecule has 0 bridgehead atoms. The fourth-order valence-corrected chi connectivity index (χ4v) is 2.96. The molecule has 1 N–H and O–H groups in total. The van der Waals surface area contributed by atoms with Gasteiger partial charge in [0, 0.05) is 29.7 Å². The van der Waals surface area contributed by atoms with Crippen LogP contribution in [0.4, 0.5) is 0 Å². The highest BCUT2D eigenvalue weighted by Gasteiger charge is 2.32. The van der Waals surface area contributed by atoms with Crippen LogP contribution in [-0.2, 0) is 11.2 Å². The summed E-state index contributed by atoms with van der Waals surface area (Å²) in [6.07, 6.45) is 3.03. The summed E-state index contributed by atoms with van der Waals surface area (Å²) in [6, 6.07) is 8.57. The normalized spacial score (nSPS) is 16.4. The first-order chi connectivity index (χ1) is 9.58. The lowest BCUT2D eigenvalue weighted by Gasteiger charge is -2.25. The van der Waals surface area contributed by atoms with Crippen LogP contribution < -0.4 is 0 Å². The van der Waals surface area contributed by atoms with E-state index < -0.39 is 0 Å². The lowest BCUT2D eigenvalue weighted by atomic mass is 10.1. The van der Waals surface area contributed by atoms with E-state index in [0.29, 0.717) is 18.4 Å². The van der Waals surface area contributed by atoms with Crippen LogP contribution in [0.2, 0.25) is 0 Å². The van der Waals surface area contributed by atoms with E-state index in [1.54, 1.807) is 0 Å². The van der Waals surface area contributed by atoms with Crippen molar-refractivity contribution in [3.8, 4) is 0 Å². The molecule has 1 atom stereocenters. The average molecular weight is 270 g/mol. The van der Waals surface area contributed by atoms with Crippen molar-refractivity contribution in [2.75, 3.05) is 7.05 Å². The summed E-state index contributed by atoms with van der Waals surface area (Å²) in [5.74, 6) is 0.935. The predicted octanol–water partition coefficient (Wildman–Crippen LogP) is 3.28. The zero-order valence-corrected chi connectivity index (χ0v) is 12.4. The van der Waals surface area contributed by atoms with Gasteiger partial charge in [0.25, 0.3) is 0 Å². The number of fused-ring (bicyclic) bond motifs is 1. The molecule has 1 aliphatic carbocycles. The Morgan fingerprint density at radius 3 is 2.80 bits per heavy atom. The van der Waals surface area contributed by atoms with Gasteiger partial charge >= 0.3 is 0 Å². The topological polar surface area (TPSA) is 36.1 Å². The number of aromatic amines is 1. The summed E-state index contributed by atoms with van der Waals surface area (Å²) in [7, 11) is 1.94. The van der Waals surface area contributed by atoms with Gasteiger partial charge in [-0.3, -0.25) is 4.79 Å². The summed E-state index contributed by atoms with van der Waals surface area (Å²) in [4.78, 5) is 17.8. The van der Waals surface area contributed by atoms with E-state index in [9.17, 15) is 4.79 Å². The van der Waals surface area contributed by atoms with E-state index in [1.807, 2.05) is 31.0 Å². The van der Waals surface area contributed by atoms with Crippen LogP contribution in [0, 0.1) is 12.8 Å². The maximum absolute atomic E-state index is 12.5. The van der Waals surface area contributed by atoms with Gasteiger partial charge in [-0.15, -0.1) is 0 Å².